The zero-order valence-corrected chi connectivity index (χ0v) is 9.27. The molecule has 2 rings (SSSR count). The number of hydrogen-bond donors (Lipinski definition) is 0. The molecule has 1 heterocycles. The molecule has 2 nitrogen and oxygen atoms in total. The lowest BCUT2D eigenvalue weighted by atomic mass is 10.1. The van der Waals surface area contributed by atoms with Crippen LogP contribution >= 0.6 is 0 Å². The first-order valence-corrected chi connectivity index (χ1v) is 5.37. The maximum absolute atomic E-state index is 4.44. The molecule has 0 aliphatic rings. The fraction of sp³-hybridized carbons (Fsp3) is 0.308. The number of nitrogens with zero attached hydrogens (tertiary/aromatic N) is 2. The third-order valence-corrected chi connectivity index (χ3v) is 2.51. The van der Waals surface area contributed by atoms with Gasteiger partial charge in [0, 0.05) is 18.7 Å². The minimum absolute atomic E-state index is 0.940. The van der Waals surface area contributed by atoms with Crippen molar-refractivity contribution in [2.75, 3.05) is 0 Å². The van der Waals surface area contributed by atoms with Crippen LogP contribution in [0.5, 0.6) is 0 Å². The molecule has 0 aliphatic carbocycles. The van der Waals surface area contributed by atoms with E-state index in [0.717, 1.165) is 18.7 Å². The van der Waals surface area contributed by atoms with Crippen LogP contribution in [-0.4, -0.2) is 9.78 Å². The molecule has 15 heavy (non-hydrogen) atoms. The van der Waals surface area contributed by atoms with Crippen LogP contribution in [0.25, 0.3) is 0 Å². The van der Waals surface area contributed by atoms with E-state index in [2.05, 4.69) is 47.0 Å². The molecule has 0 saturated carbocycles. The lowest BCUT2D eigenvalue weighted by Gasteiger charge is -2.04. The van der Waals surface area contributed by atoms with Gasteiger partial charge in [0.1, 0.15) is 0 Å². The van der Waals surface area contributed by atoms with E-state index in [1.54, 1.807) is 0 Å². The molecule has 0 radical (unpaired) electrons. The van der Waals surface area contributed by atoms with Crippen molar-refractivity contribution >= 4 is 0 Å². The van der Waals surface area contributed by atoms with Crippen molar-refractivity contribution in [1.82, 2.24) is 9.78 Å². The number of benzene rings is 1. The Labute approximate surface area is 90.6 Å². The van der Waals surface area contributed by atoms with Gasteiger partial charge in [0.15, 0.2) is 0 Å². The zero-order chi connectivity index (χ0) is 10.7. The number of aryl methyl sites for hydroxylation is 2. The number of aromatic nitrogens is 2. The Balaban J connectivity index is 2.24. The van der Waals surface area contributed by atoms with Crippen molar-refractivity contribution in [3.63, 3.8) is 0 Å². The van der Waals surface area contributed by atoms with E-state index in [9.17, 15) is 0 Å². The van der Waals surface area contributed by atoms with Gasteiger partial charge < -0.3 is 0 Å². The van der Waals surface area contributed by atoms with Crippen LogP contribution in [0, 0.1) is 6.92 Å². The molecular weight excluding hydrogens is 184 g/mol. The molecule has 0 spiro atoms. The number of hydrogen-bond acceptors (Lipinski definition) is 1. The van der Waals surface area contributed by atoms with E-state index in [1.807, 2.05) is 13.0 Å². The van der Waals surface area contributed by atoms with Gasteiger partial charge in [-0.25, -0.2) is 0 Å². The molecule has 0 N–H and O–H groups in total. The van der Waals surface area contributed by atoms with Crippen LogP contribution in [-0.2, 0) is 13.0 Å². The highest BCUT2D eigenvalue weighted by Crippen LogP contribution is 2.10. The summed E-state index contributed by atoms with van der Waals surface area (Å²) >= 11 is 0. The second-order valence-corrected chi connectivity index (χ2v) is 3.76. The van der Waals surface area contributed by atoms with E-state index in [-0.39, 0.29) is 0 Å². The monoisotopic (exact) mass is 200 g/mol. The summed E-state index contributed by atoms with van der Waals surface area (Å²) in [5, 5.41) is 4.44. The molecule has 0 atom stereocenters. The second-order valence-electron chi connectivity index (χ2n) is 3.76. The molecule has 0 aliphatic heterocycles. The second kappa shape index (κ2) is 4.30. The van der Waals surface area contributed by atoms with Crippen LogP contribution in [0.3, 0.4) is 0 Å². The van der Waals surface area contributed by atoms with Gasteiger partial charge in [-0.1, -0.05) is 30.3 Å². The van der Waals surface area contributed by atoms with Gasteiger partial charge in [0.2, 0.25) is 0 Å². The Hall–Kier alpha value is -1.57. The van der Waals surface area contributed by atoms with Crippen LogP contribution in [0.15, 0.2) is 36.4 Å². The summed E-state index contributed by atoms with van der Waals surface area (Å²) in [7, 11) is 0. The fourth-order valence-electron chi connectivity index (χ4n) is 1.82. The molecule has 0 fully saturated rings. The summed E-state index contributed by atoms with van der Waals surface area (Å²) in [5.41, 5.74) is 3.73. The van der Waals surface area contributed by atoms with Gasteiger partial charge in [-0.15, -0.1) is 0 Å². The standard InChI is InChI=1S/C13H16N2/c1-3-15-13(9-11(2)14-15)10-12-7-5-4-6-8-12/h4-9H,3,10H2,1-2H3. The molecule has 1 aromatic heterocycles. The fourth-order valence-corrected chi connectivity index (χ4v) is 1.82. The average molecular weight is 200 g/mol. The van der Waals surface area contributed by atoms with E-state index >= 15 is 0 Å². The molecule has 78 valence electrons. The summed E-state index contributed by atoms with van der Waals surface area (Å²) in [6, 6.07) is 12.7. The van der Waals surface area contributed by atoms with Gasteiger partial charge in [0.25, 0.3) is 0 Å². The summed E-state index contributed by atoms with van der Waals surface area (Å²) in [6.45, 7) is 5.11. The predicted molar refractivity (Wildman–Crippen MR) is 61.9 cm³/mol. The predicted octanol–water partition coefficient (Wildman–Crippen LogP) is 2.80. The maximum Gasteiger partial charge on any atom is 0.0596 e. The van der Waals surface area contributed by atoms with Crippen molar-refractivity contribution < 1.29 is 0 Å². The van der Waals surface area contributed by atoms with Crippen LogP contribution in [0.1, 0.15) is 23.9 Å². The van der Waals surface area contributed by atoms with E-state index in [1.165, 1.54) is 11.3 Å². The lowest BCUT2D eigenvalue weighted by molar-refractivity contribution is 0.625. The smallest absolute Gasteiger partial charge is 0.0596 e. The van der Waals surface area contributed by atoms with Crippen molar-refractivity contribution in [3.8, 4) is 0 Å². The highest BCUT2D eigenvalue weighted by molar-refractivity contribution is 5.22. The minimum atomic E-state index is 0.940. The van der Waals surface area contributed by atoms with Crippen LogP contribution < -0.4 is 0 Å². The Morgan fingerprint density at radius 1 is 1.20 bits per heavy atom. The highest BCUT2D eigenvalue weighted by Gasteiger charge is 2.04. The number of rotatable bonds is 3. The molecular formula is C13H16N2. The van der Waals surface area contributed by atoms with Crippen LogP contribution in [0.2, 0.25) is 0 Å². The topological polar surface area (TPSA) is 17.8 Å². The summed E-state index contributed by atoms with van der Waals surface area (Å²) in [5.74, 6) is 0. The molecule has 0 unspecified atom stereocenters. The van der Waals surface area contributed by atoms with Gasteiger partial charge in [-0.2, -0.15) is 5.10 Å². The maximum atomic E-state index is 4.44. The highest BCUT2D eigenvalue weighted by atomic mass is 15.3. The van der Waals surface area contributed by atoms with Crippen molar-refractivity contribution in [2.24, 2.45) is 0 Å². The lowest BCUT2D eigenvalue weighted by Crippen LogP contribution is -2.03. The van der Waals surface area contributed by atoms with Gasteiger partial charge >= 0.3 is 0 Å². The summed E-state index contributed by atoms with van der Waals surface area (Å²) in [6.07, 6.45) is 0.968. The van der Waals surface area contributed by atoms with Gasteiger partial charge in [-0.05, 0) is 25.5 Å². The van der Waals surface area contributed by atoms with E-state index in [0.29, 0.717) is 0 Å². The average Bonchev–Trinajstić information content (AvgIpc) is 2.60. The van der Waals surface area contributed by atoms with Gasteiger partial charge in [-0.3, -0.25) is 4.68 Å². The Bertz CT molecular complexity index is 429. The molecule has 0 saturated heterocycles. The van der Waals surface area contributed by atoms with Gasteiger partial charge in [0.05, 0.1) is 5.69 Å². The van der Waals surface area contributed by atoms with E-state index < -0.39 is 0 Å². The van der Waals surface area contributed by atoms with E-state index in [4.69, 9.17) is 0 Å². The summed E-state index contributed by atoms with van der Waals surface area (Å²) in [4.78, 5) is 0. The molecule has 0 bridgehead atoms. The minimum Gasteiger partial charge on any atom is -0.269 e. The first-order valence-electron chi connectivity index (χ1n) is 5.37. The van der Waals surface area contributed by atoms with Crippen molar-refractivity contribution in [2.45, 2.75) is 26.8 Å². The first kappa shape index (κ1) is 9.97. The largest absolute Gasteiger partial charge is 0.269 e. The Morgan fingerprint density at radius 2 is 1.93 bits per heavy atom. The van der Waals surface area contributed by atoms with Crippen LogP contribution in [0.4, 0.5) is 0 Å². The zero-order valence-electron chi connectivity index (χ0n) is 9.27. The Morgan fingerprint density at radius 3 is 2.60 bits per heavy atom. The van der Waals surface area contributed by atoms with Crippen molar-refractivity contribution in [1.29, 1.82) is 0 Å². The first-order chi connectivity index (χ1) is 7.29. The Kier molecular flexibility index (Phi) is 2.86. The molecule has 2 heteroatoms. The quantitative estimate of drug-likeness (QED) is 0.745. The van der Waals surface area contributed by atoms with Crippen molar-refractivity contribution in [3.05, 3.63) is 53.3 Å². The summed E-state index contributed by atoms with van der Waals surface area (Å²) < 4.78 is 2.07. The SMILES string of the molecule is CCn1nc(C)cc1Cc1ccccc1. The molecule has 0 amide bonds. The molecule has 2 aromatic rings. The third-order valence-electron chi connectivity index (χ3n) is 2.51. The molecule has 1 aromatic carbocycles. The normalized spacial score (nSPS) is 10.5. The third kappa shape index (κ3) is 2.27.